The van der Waals surface area contributed by atoms with Crippen LogP contribution in [0.15, 0.2) is 64.7 Å². The molecule has 6 nitrogen and oxygen atoms in total. The molecule has 39 heavy (non-hydrogen) atoms. The van der Waals surface area contributed by atoms with Gasteiger partial charge in [-0.25, -0.2) is 8.78 Å². The number of aryl methyl sites for hydroxylation is 2. The molecular weight excluding hydrogens is 522 g/mol. The summed E-state index contributed by atoms with van der Waals surface area (Å²) in [5.41, 5.74) is 2.74. The van der Waals surface area contributed by atoms with E-state index in [2.05, 4.69) is 9.98 Å². The molecule has 0 bridgehead atoms. The van der Waals surface area contributed by atoms with E-state index in [4.69, 9.17) is 11.6 Å². The molecule has 4 rings (SSSR count). The Labute approximate surface area is 231 Å². The molecule has 0 radical (unpaired) electrons. The van der Waals surface area contributed by atoms with E-state index in [9.17, 15) is 14.0 Å². The molecule has 2 atom stereocenters. The lowest BCUT2D eigenvalue weighted by atomic mass is 10.0. The van der Waals surface area contributed by atoms with Crippen molar-refractivity contribution in [3.05, 3.63) is 116 Å². The van der Waals surface area contributed by atoms with Crippen LogP contribution in [0, 0.1) is 25.5 Å². The highest BCUT2D eigenvalue weighted by molar-refractivity contribution is 6.31. The third kappa shape index (κ3) is 5.76. The third-order valence-electron chi connectivity index (χ3n) is 6.74. The Bertz CT molecular complexity index is 1590. The summed E-state index contributed by atoms with van der Waals surface area (Å²) in [5.74, 6) is -1.55. The fourth-order valence-corrected chi connectivity index (χ4v) is 4.91. The number of carbonyl (C=O) groups excluding carboxylic acids is 1. The highest BCUT2D eigenvalue weighted by Crippen LogP contribution is 2.56. The van der Waals surface area contributed by atoms with E-state index in [1.54, 1.807) is 40.1 Å². The summed E-state index contributed by atoms with van der Waals surface area (Å²) >= 11 is 6.56. The maximum Gasteiger partial charge on any atom is 0.273 e. The van der Waals surface area contributed by atoms with Gasteiger partial charge in [-0.15, -0.1) is 0 Å². The molecule has 0 spiro atoms. The van der Waals surface area contributed by atoms with Crippen LogP contribution in [-0.2, 0) is 0 Å². The molecule has 1 fully saturated rings. The standard InChI is InChI=1S/C30H29ClF2N4O2/c1-6-11-34-26(20-8-7-9-21(28(20)33)29(38)36(4)5)10-12-37-17(2)13-25(27(31)30(37)39)24-15-23(24)22-14-19(32)16-35-18(22)3/h6-14,16,23-24H,15H2,1-5H3/b11-6+,12-10+,34-26-. The molecular formula is C30H29ClF2N4O2. The first-order valence-corrected chi connectivity index (χ1v) is 12.8. The Morgan fingerprint density at radius 3 is 2.54 bits per heavy atom. The molecule has 1 saturated carbocycles. The predicted molar refractivity (Wildman–Crippen MR) is 151 cm³/mol. The number of amides is 1. The highest BCUT2D eigenvalue weighted by atomic mass is 35.5. The summed E-state index contributed by atoms with van der Waals surface area (Å²) in [4.78, 5) is 35.5. The van der Waals surface area contributed by atoms with Gasteiger partial charge in [-0.2, -0.15) is 0 Å². The van der Waals surface area contributed by atoms with Gasteiger partial charge in [-0.05, 0) is 80.5 Å². The summed E-state index contributed by atoms with van der Waals surface area (Å²) in [5, 5.41) is 0.0801. The number of aromatic nitrogens is 2. The topological polar surface area (TPSA) is 67.6 Å². The molecule has 202 valence electrons. The molecule has 0 saturated heterocycles. The van der Waals surface area contributed by atoms with E-state index >= 15 is 4.39 Å². The maximum atomic E-state index is 15.4. The molecule has 1 aromatic carbocycles. The lowest BCUT2D eigenvalue weighted by molar-refractivity contribution is 0.0823. The molecule has 2 unspecified atom stereocenters. The van der Waals surface area contributed by atoms with E-state index < -0.39 is 23.1 Å². The number of rotatable bonds is 7. The normalized spacial score (nSPS) is 17.3. The Balaban J connectivity index is 1.69. The van der Waals surface area contributed by atoms with Gasteiger partial charge in [0.15, 0.2) is 0 Å². The fourth-order valence-electron chi connectivity index (χ4n) is 4.62. The molecule has 9 heteroatoms. The molecule has 1 aliphatic rings. The Hall–Kier alpha value is -3.91. The summed E-state index contributed by atoms with van der Waals surface area (Å²) in [6.45, 7) is 5.38. The van der Waals surface area contributed by atoms with Crippen LogP contribution in [-0.4, -0.2) is 40.2 Å². The van der Waals surface area contributed by atoms with Crippen molar-refractivity contribution in [2.45, 2.75) is 39.0 Å². The Morgan fingerprint density at radius 1 is 1.15 bits per heavy atom. The van der Waals surface area contributed by atoms with E-state index in [0.29, 0.717) is 11.3 Å². The minimum atomic E-state index is -0.705. The monoisotopic (exact) mass is 550 g/mol. The van der Waals surface area contributed by atoms with Crippen LogP contribution in [0.4, 0.5) is 8.78 Å². The average Bonchev–Trinajstić information content (AvgIpc) is 3.69. The van der Waals surface area contributed by atoms with Crippen molar-refractivity contribution >= 4 is 29.4 Å². The van der Waals surface area contributed by atoms with Crippen LogP contribution < -0.4 is 5.56 Å². The number of pyridine rings is 2. The number of nitrogens with zero attached hydrogens (tertiary/aromatic N) is 4. The molecule has 2 aromatic heterocycles. The lowest BCUT2D eigenvalue weighted by Crippen LogP contribution is -2.23. The first-order chi connectivity index (χ1) is 18.5. The van der Waals surface area contributed by atoms with Crippen molar-refractivity contribution in [2.24, 2.45) is 4.99 Å². The Kier molecular flexibility index (Phi) is 8.25. The van der Waals surface area contributed by atoms with Crippen molar-refractivity contribution in [2.75, 3.05) is 14.1 Å². The molecule has 1 amide bonds. The molecule has 3 aromatic rings. The van der Waals surface area contributed by atoms with Crippen LogP contribution in [0.1, 0.15) is 63.6 Å². The largest absolute Gasteiger partial charge is 0.345 e. The van der Waals surface area contributed by atoms with Gasteiger partial charge in [0.2, 0.25) is 0 Å². The van der Waals surface area contributed by atoms with E-state index in [0.717, 1.165) is 17.7 Å². The summed E-state index contributed by atoms with van der Waals surface area (Å²) < 4.78 is 30.5. The van der Waals surface area contributed by atoms with Gasteiger partial charge in [-0.3, -0.25) is 24.1 Å². The van der Waals surface area contributed by atoms with E-state index in [1.807, 2.05) is 13.0 Å². The number of aliphatic imine (C=N–C) groups is 1. The zero-order valence-corrected chi connectivity index (χ0v) is 23.1. The average molecular weight is 551 g/mol. The van der Waals surface area contributed by atoms with Crippen LogP contribution in [0.2, 0.25) is 5.02 Å². The quantitative estimate of drug-likeness (QED) is 0.326. The summed E-state index contributed by atoms with van der Waals surface area (Å²) in [7, 11) is 3.09. The highest BCUT2D eigenvalue weighted by Gasteiger charge is 2.42. The van der Waals surface area contributed by atoms with Gasteiger partial charge in [0, 0.05) is 43.4 Å². The first-order valence-electron chi connectivity index (χ1n) is 12.5. The molecule has 0 aliphatic heterocycles. The fraction of sp³-hybridized carbons (Fsp3) is 0.267. The van der Waals surface area contributed by atoms with Crippen molar-refractivity contribution in [3.8, 4) is 0 Å². The maximum absolute atomic E-state index is 15.4. The zero-order valence-electron chi connectivity index (χ0n) is 22.4. The third-order valence-corrected chi connectivity index (χ3v) is 7.12. The lowest BCUT2D eigenvalue weighted by Gasteiger charge is -2.13. The second-order valence-corrected chi connectivity index (χ2v) is 10.1. The van der Waals surface area contributed by atoms with Crippen molar-refractivity contribution in [1.82, 2.24) is 14.5 Å². The van der Waals surface area contributed by atoms with Crippen LogP contribution in [0.25, 0.3) is 6.20 Å². The second kappa shape index (κ2) is 11.5. The summed E-state index contributed by atoms with van der Waals surface area (Å²) in [6.07, 6.45) is 8.12. The van der Waals surface area contributed by atoms with Crippen molar-refractivity contribution in [3.63, 3.8) is 0 Å². The van der Waals surface area contributed by atoms with Gasteiger partial charge < -0.3 is 4.90 Å². The van der Waals surface area contributed by atoms with Gasteiger partial charge >= 0.3 is 0 Å². The first kappa shape index (κ1) is 28.1. The van der Waals surface area contributed by atoms with Crippen LogP contribution >= 0.6 is 11.6 Å². The van der Waals surface area contributed by atoms with Crippen LogP contribution in [0.5, 0.6) is 0 Å². The second-order valence-electron chi connectivity index (χ2n) is 9.69. The van der Waals surface area contributed by atoms with Gasteiger partial charge in [0.05, 0.1) is 17.5 Å². The SMILES string of the molecule is C/C=C/N=C(/C=C/n1c(C)cc(C2CC2c2cc(F)cnc2C)c(Cl)c1=O)c1cccc(C(=O)N(C)C)c1F. The van der Waals surface area contributed by atoms with Crippen molar-refractivity contribution < 1.29 is 13.6 Å². The Morgan fingerprint density at radius 2 is 1.85 bits per heavy atom. The van der Waals surface area contributed by atoms with Gasteiger partial charge in [-0.1, -0.05) is 23.7 Å². The molecule has 2 heterocycles. The zero-order chi connectivity index (χ0) is 28.4. The smallest absolute Gasteiger partial charge is 0.273 e. The van der Waals surface area contributed by atoms with E-state index in [-0.39, 0.29) is 33.7 Å². The number of hydrogen-bond donors (Lipinski definition) is 0. The van der Waals surface area contributed by atoms with E-state index in [1.165, 1.54) is 52.3 Å². The predicted octanol–water partition coefficient (Wildman–Crippen LogP) is 6.26. The molecule has 1 aliphatic carbocycles. The van der Waals surface area contributed by atoms with Crippen molar-refractivity contribution in [1.29, 1.82) is 0 Å². The minimum absolute atomic E-state index is 0.0114. The number of benzene rings is 1. The minimum Gasteiger partial charge on any atom is -0.345 e. The van der Waals surface area contributed by atoms with Gasteiger partial charge in [0.25, 0.3) is 11.5 Å². The van der Waals surface area contributed by atoms with Crippen LogP contribution in [0.3, 0.4) is 0 Å². The van der Waals surface area contributed by atoms with Gasteiger partial charge in [0.1, 0.15) is 16.7 Å². The summed E-state index contributed by atoms with van der Waals surface area (Å²) in [6, 6.07) is 7.86. The number of hydrogen-bond acceptors (Lipinski definition) is 4. The number of halogens is 3. The molecule has 0 N–H and O–H groups in total. The number of allylic oxidation sites excluding steroid dienone is 2. The number of carbonyl (C=O) groups is 1.